The molecule has 17 heavy (non-hydrogen) atoms. The van der Waals surface area contributed by atoms with E-state index in [-0.39, 0.29) is 6.03 Å². The highest BCUT2D eigenvalue weighted by atomic mass is 16.5. The van der Waals surface area contributed by atoms with Crippen LogP contribution >= 0.6 is 0 Å². The van der Waals surface area contributed by atoms with Gasteiger partial charge in [-0.15, -0.1) is 0 Å². The van der Waals surface area contributed by atoms with Crippen LogP contribution in [0.3, 0.4) is 0 Å². The fraction of sp³-hybridized carbons (Fsp3) is 0.462. The molecule has 0 aromatic heterocycles. The van der Waals surface area contributed by atoms with Crippen LogP contribution in [0, 0.1) is 0 Å². The Hall–Kier alpha value is -1.71. The number of benzene rings is 1. The monoisotopic (exact) mass is 236 g/mol. The van der Waals surface area contributed by atoms with E-state index in [1.165, 1.54) is 4.90 Å². The molecule has 0 aliphatic heterocycles. The Kier molecular flexibility index (Phi) is 4.82. The molecule has 2 amide bonds. The van der Waals surface area contributed by atoms with Crippen LogP contribution in [0.4, 0.5) is 10.5 Å². The third kappa shape index (κ3) is 3.37. The molecule has 0 radical (unpaired) electrons. The van der Waals surface area contributed by atoms with Crippen molar-refractivity contribution in [2.45, 2.75) is 20.3 Å². The first-order chi connectivity index (χ1) is 8.10. The van der Waals surface area contributed by atoms with Crippen LogP contribution in [0.1, 0.15) is 19.4 Å². The summed E-state index contributed by atoms with van der Waals surface area (Å²) in [5.41, 5.74) is 1.83. The van der Waals surface area contributed by atoms with Crippen molar-refractivity contribution in [1.82, 2.24) is 4.90 Å². The minimum absolute atomic E-state index is 0.154. The van der Waals surface area contributed by atoms with Gasteiger partial charge in [-0.2, -0.15) is 0 Å². The summed E-state index contributed by atoms with van der Waals surface area (Å²) in [6, 6.07) is 5.63. The van der Waals surface area contributed by atoms with E-state index >= 15 is 0 Å². The third-order valence-electron chi connectivity index (χ3n) is 2.41. The zero-order valence-corrected chi connectivity index (χ0v) is 10.9. The summed E-state index contributed by atoms with van der Waals surface area (Å²) >= 11 is 0. The molecule has 1 aromatic carbocycles. The third-order valence-corrected chi connectivity index (χ3v) is 2.41. The maximum Gasteiger partial charge on any atom is 0.321 e. The summed E-state index contributed by atoms with van der Waals surface area (Å²) in [7, 11) is 3.42. The molecular weight excluding hydrogens is 216 g/mol. The van der Waals surface area contributed by atoms with Gasteiger partial charge in [0.1, 0.15) is 5.75 Å². The molecule has 0 bridgehead atoms. The van der Waals surface area contributed by atoms with Crippen LogP contribution in [0.15, 0.2) is 18.2 Å². The highest BCUT2D eigenvalue weighted by molar-refractivity contribution is 5.91. The molecule has 1 rings (SSSR count). The van der Waals surface area contributed by atoms with E-state index in [9.17, 15) is 4.79 Å². The van der Waals surface area contributed by atoms with E-state index in [4.69, 9.17) is 4.74 Å². The number of carbonyl (C=O) groups excluding carboxylic acids is 1. The maximum absolute atomic E-state index is 11.6. The number of carbonyl (C=O) groups is 1. The lowest BCUT2D eigenvalue weighted by atomic mass is 10.1. The maximum atomic E-state index is 11.6. The van der Waals surface area contributed by atoms with Gasteiger partial charge >= 0.3 is 6.03 Å². The number of aryl methyl sites for hydroxylation is 1. The molecule has 0 saturated heterocycles. The fourth-order valence-electron chi connectivity index (χ4n) is 1.50. The van der Waals surface area contributed by atoms with E-state index in [0.717, 1.165) is 23.4 Å². The summed E-state index contributed by atoms with van der Waals surface area (Å²) in [5, 5.41) is 2.83. The normalized spacial score (nSPS) is 9.88. The molecular formula is C13H20N2O2. The number of nitrogens with zero attached hydrogens (tertiary/aromatic N) is 1. The predicted molar refractivity (Wildman–Crippen MR) is 69.7 cm³/mol. The number of ether oxygens (including phenoxy) is 1. The van der Waals surface area contributed by atoms with Gasteiger partial charge in [0.2, 0.25) is 0 Å². The predicted octanol–water partition coefficient (Wildman–Crippen LogP) is 2.74. The van der Waals surface area contributed by atoms with Gasteiger partial charge in [-0.25, -0.2) is 4.79 Å². The van der Waals surface area contributed by atoms with Crippen molar-refractivity contribution in [1.29, 1.82) is 0 Å². The topological polar surface area (TPSA) is 41.6 Å². The smallest absolute Gasteiger partial charge is 0.321 e. The Morgan fingerprint density at radius 3 is 2.59 bits per heavy atom. The second kappa shape index (κ2) is 6.13. The van der Waals surface area contributed by atoms with E-state index in [1.807, 2.05) is 25.1 Å². The summed E-state index contributed by atoms with van der Waals surface area (Å²) in [5.74, 6) is 0.771. The Balaban J connectivity index is 3.01. The summed E-state index contributed by atoms with van der Waals surface area (Å²) < 4.78 is 5.61. The molecule has 0 saturated carbocycles. The van der Waals surface area contributed by atoms with Crippen molar-refractivity contribution in [2.75, 3.05) is 26.0 Å². The van der Waals surface area contributed by atoms with Gasteiger partial charge in [0.05, 0.1) is 12.3 Å². The quantitative estimate of drug-likeness (QED) is 0.873. The second-order valence-electron chi connectivity index (χ2n) is 3.90. The summed E-state index contributed by atoms with van der Waals surface area (Å²) in [4.78, 5) is 13.1. The Bertz CT molecular complexity index is 389. The Labute approximate surface area is 103 Å². The van der Waals surface area contributed by atoms with Gasteiger partial charge in [-0.1, -0.05) is 19.1 Å². The number of urea groups is 1. The van der Waals surface area contributed by atoms with Crippen LogP contribution in [0.5, 0.6) is 5.75 Å². The number of hydrogen-bond donors (Lipinski definition) is 1. The minimum Gasteiger partial charge on any atom is -0.491 e. The summed E-state index contributed by atoms with van der Waals surface area (Å²) in [6.45, 7) is 4.58. The highest BCUT2D eigenvalue weighted by Crippen LogP contribution is 2.29. The van der Waals surface area contributed by atoms with E-state index < -0.39 is 0 Å². The molecule has 0 heterocycles. The van der Waals surface area contributed by atoms with Crippen molar-refractivity contribution < 1.29 is 9.53 Å². The number of anilines is 1. The lowest BCUT2D eigenvalue weighted by Gasteiger charge is -2.17. The summed E-state index contributed by atoms with van der Waals surface area (Å²) in [6.07, 6.45) is 0.876. The Morgan fingerprint density at radius 1 is 1.35 bits per heavy atom. The number of para-hydroxylation sites is 1. The average molecular weight is 236 g/mol. The van der Waals surface area contributed by atoms with Gasteiger partial charge in [0.25, 0.3) is 0 Å². The van der Waals surface area contributed by atoms with Crippen molar-refractivity contribution in [3.8, 4) is 5.75 Å². The largest absolute Gasteiger partial charge is 0.491 e. The minimum atomic E-state index is -0.154. The average Bonchev–Trinajstić information content (AvgIpc) is 2.31. The first-order valence-corrected chi connectivity index (χ1v) is 5.83. The molecule has 0 fully saturated rings. The van der Waals surface area contributed by atoms with Gasteiger partial charge in [-0.05, 0) is 25.0 Å². The van der Waals surface area contributed by atoms with E-state index in [2.05, 4.69) is 12.2 Å². The lowest BCUT2D eigenvalue weighted by molar-refractivity contribution is 0.230. The van der Waals surface area contributed by atoms with Crippen LogP contribution < -0.4 is 10.1 Å². The fourth-order valence-corrected chi connectivity index (χ4v) is 1.50. The van der Waals surface area contributed by atoms with Crippen molar-refractivity contribution in [3.63, 3.8) is 0 Å². The molecule has 0 aliphatic carbocycles. The number of rotatable bonds is 4. The zero-order valence-electron chi connectivity index (χ0n) is 10.9. The molecule has 0 atom stereocenters. The first-order valence-electron chi connectivity index (χ1n) is 5.83. The van der Waals surface area contributed by atoms with Crippen LogP contribution in [-0.2, 0) is 6.42 Å². The molecule has 4 heteroatoms. The van der Waals surface area contributed by atoms with Gasteiger partial charge in [0, 0.05) is 14.1 Å². The molecule has 1 aromatic rings. The standard InChI is InChI=1S/C13H20N2O2/c1-5-10-8-7-9-11(12(10)17-6-2)14-13(16)15(3)4/h7-9H,5-6H2,1-4H3,(H,14,16). The van der Waals surface area contributed by atoms with Crippen LogP contribution in [-0.4, -0.2) is 31.6 Å². The molecule has 4 nitrogen and oxygen atoms in total. The molecule has 0 unspecified atom stereocenters. The SMILES string of the molecule is CCOc1c(CC)cccc1NC(=O)N(C)C. The molecule has 0 aliphatic rings. The second-order valence-corrected chi connectivity index (χ2v) is 3.90. The Morgan fingerprint density at radius 2 is 2.06 bits per heavy atom. The number of hydrogen-bond acceptors (Lipinski definition) is 2. The zero-order chi connectivity index (χ0) is 12.8. The van der Waals surface area contributed by atoms with Gasteiger partial charge < -0.3 is 15.0 Å². The van der Waals surface area contributed by atoms with Crippen LogP contribution in [0.2, 0.25) is 0 Å². The van der Waals surface area contributed by atoms with E-state index in [1.54, 1.807) is 14.1 Å². The van der Waals surface area contributed by atoms with Crippen LogP contribution in [0.25, 0.3) is 0 Å². The van der Waals surface area contributed by atoms with Crippen molar-refractivity contribution in [2.24, 2.45) is 0 Å². The van der Waals surface area contributed by atoms with Gasteiger partial charge in [-0.3, -0.25) is 0 Å². The van der Waals surface area contributed by atoms with E-state index in [0.29, 0.717) is 6.61 Å². The van der Waals surface area contributed by atoms with Gasteiger partial charge in [0.15, 0.2) is 0 Å². The van der Waals surface area contributed by atoms with Crippen molar-refractivity contribution >= 4 is 11.7 Å². The first kappa shape index (κ1) is 13.4. The van der Waals surface area contributed by atoms with Crippen molar-refractivity contribution in [3.05, 3.63) is 23.8 Å². The molecule has 1 N–H and O–H groups in total. The number of nitrogens with one attached hydrogen (secondary N) is 1. The highest BCUT2D eigenvalue weighted by Gasteiger charge is 2.11. The number of amides is 2. The molecule has 0 spiro atoms. The molecule has 94 valence electrons. The lowest BCUT2D eigenvalue weighted by Crippen LogP contribution is -2.27.